The molecule has 3 aromatic rings. The van der Waals surface area contributed by atoms with Crippen molar-refractivity contribution in [3.8, 4) is 0 Å². The van der Waals surface area contributed by atoms with Gasteiger partial charge in [-0.2, -0.15) is 0 Å². The molecule has 2 aromatic carbocycles. The Labute approximate surface area is 139 Å². The third-order valence-electron chi connectivity index (χ3n) is 3.74. The van der Waals surface area contributed by atoms with Crippen molar-refractivity contribution in [1.29, 1.82) is 0 Å². The van der Waals surface area contributed by atoms with Crippen LogP contribution in [0.2, 0.25) is 0 Å². The molecule has 0 saturated carbocycles. The van der Waals surface area contributed by atoms with Crippen LogP contribution in [0.1, 0.15) is 15.9 Å². The Morgan fingerprint density at radius 2 is 1.92 bits per heavy atom. The highest BCUT2D eigenvalue weighted by molar-refractivity contribution is 5.94. The molecule has 0 bridgehead atoms. The Hall–Kier alpha value is -3.15. The molecule has 0 atom stereocenters. The fraction of sp³-hybridized carbons (Fsp3) is 0.167. The van der Waals surface area contributed by atoms with Gasteiger partial charge in [-0.15, -0.1) is 0 Å². The molecule has 0 unspecified atom stereocenters. The van der Waals surface area contributed by atoms with Gasteiger partial charge in [0.1, 0.15) is 0 Å². The second-order valence-corrected chi connectivity index (χ2v) is 5.47. The molecule has 1 aromatic heterocycles. The molecule has 0 aliphatic rings. The number of benzene rings is 2. The maximum Gasteiger partial charge on any atom is 0.337 e. The van der Waals surface area contributed by atoms with Gasteiger partial charge in [0.2, 0.25) is 5.91 Å². The first-order chi connectivity index (χ1) is 11.6. The van der Waals surface area contributed by atoms with Crippen LogP contribution in [0.15, 0.2) is 48.8 Å². The van der Waals surface area contributed by atoms with E-state index in [1.807, 2.05) is 29.8 Å². The van der Waals surface area contributed by atoms with E-state index in [4.69, 9.17) is 0 Å². The van der Waals surface area contributed by atoms with Gasteiger partial charge in [0.15, 0.2) is 0 Å². The fourth-order valence-electron chi connectivity index (χ4n) is 2.49. The fourth-order valence-corrected chi connectivity index (χ4v) is 2.49. The summed E-state index contributed by atoms with van der Waals surface area (Å²) in [6.07, 6.45) is 2.00. The number of rotatable bonds is 4. The summed E-state index contributed by atoms with van der Waals surface area (Å²) in [4.78, 5) is 27.8. The van der Waals surface area contributed by atoms with Gasteiger partial charge < -0.3 is 14.6 Å². The summed E-state index contributed by atoms with van der Waals surface area (Å²) < 4.78 is 6.57. The molecule has 1 amide bonds. The number of aromatic nitrogens is 2. The summed E-state index contributed by atoms with van der Waals surface area (Å²) in [6, 6.07) is 12.4. The Morgan fingerprint density at radius 3 is 2.62 bits per heavy atom. The number of esters is 1. The molecule has 0 radical (unpaired) electrons. The van der Waals surface area contributed by atoms with Gasteiger partial charge in [-0.3, -0.25) is 4.79 Å². The molecule has 24 heavy (non-hydrogen) atoms. The summed E-state index contributed by atoms with van der Waals surface area (Å²) in [5.74, 6) is -0.535. The van der Waals surface area contributed by atoms with E-state index in [0.29, 0.717) is 11.3 Å². The Kier molecular flexibility index (Phi) is 4.29. The Balaban J connectivity index is 1.67. The van der Waals surface area contributed by atoms with Crippen LogP contribution in [-0.2, 0) is 23.0 Å². The zero-order chi connectivity index (χ0) is 17.1. The van der Waals surface area contributed by atoms with Crippen LogP contribution in [0.3, 0.4) is 0 Å². The monoisotopic (exact) mass is 323 g/mol. The number of hydrogen-bond donors (Lipinski definition) is 1. The quantitative estimate of drug-likeness (QED) is 0.749. The van der Waals surface area contributed by atoms with Gasteiger partial charge >= 0.3 is 5.97 Å². The van der Waals surface area contributed by atoms with Crippen molar-refractivity contribution in [3.63, 3.8) is 0 Å². The molecule has 0 fully saturated rings. The number of hydrogen-bond acceptors (Lipinski definition) is 4. The molecule has 0 saturated heterocycles. The van der Waals surface area contributed by atoms with E-state index in [1.165, 1.54) is 7.11 Å². The molecular formula is C18H17N3O3. The summed E-state index contributed by atoms with van der Waals surface area (Å²) in [6.45, 7) is 0. The highest BCUT2D eigenvalue weighted by atomic mass is 16.5. The number of amides is 1. The third-order valence-corrected chi connectivity index (χ3v) is 3.74. The molecule has 3 rings (SSSR count). The number of carbonyl (C=O) groups excluding carboxylic acids is 2. The number of ether oxygens (including phenoxy) is 1. The highest BCUT2D eigenvalue weighted by Crippen LogP contribution is 2.15. The average molecular weight is 323 g/mol. The molecule has 6 nitrogen and oxygen atoms in total. The second-order valence-electron chi connectivity index (χ2n) is 5.47. The minimum Gasteiger partial charge on any atom is -0.465 e. The van der Waals surface area contributed by atoms with E-state index in [0.717, 1.165) is 16.6 Å². The first kappa shape index (κ1) is 15.7. The van der Waals surface area contributed by atoms with Crippen LogP contribution >= 0.6 is 0 Å². The SMILES string of the molecule is COC(=O)c1ccc(NC(=O)Cc2ccc3c(c2)ncn3C)cc1. The lowest BCUT2D eigenvalue weighted by atomic mass is 10.1. The molecule has 0 aliphatic heterocycles. The van der Waals surface area contributed by atoms with Gasteiger partial charge in [0.25, 0.3) is 0 Å². The average Bonchev–Trinajstić information content (AvgIpc) is 2.95. The molecule has 0 aliphatic carbocycles. The van der Waals surface area contributed by atoms with Crippen molar-refractivity contribution < 1.29 is 14.3 Å². The lowest BCUT2D eigenvalue weighted by Crippen LogP contribution is -2.14. The summed E-state index contributed by atoms with van der Waals surface area (Å²) >= 11 is 0. The first-order valence-corrected chi connectivity index (χ1v) is 7.45. The van der Waals surface area contributed by atoms with Crippen LogP contribution in [0, 0.1) is 0 Å². The first-order valence-electron chi connectivity index (χ1n) is 7.45. The van der Waals surface area contributed by atoms with Crippen LogP contribution in [-0.4, -0.2) is 28.5 Å². The maximum absolute atomic E-state index is 12.2. The van der Waals surface area contributed by atoms with Crippen molar-refractivity contribution >= 4 is 28.6 Å². The number of carbonyl (C=O) groups is 2. The van der Waals surface area contributed by atoms with E-state index in [9.17, 15) is 9.59 Å². The molecular weight excluding hydrogens is 306 g/mol. The predicted octanol–water partition coefficient (Wildman–Crippen LogP) is 2.54. The van der Waals surface area contributed by atoms with E-state index >= 15 is 0 Å². The number of imidazole rings is 1. The minimum absolute atomic E-state index is 0.129. The number of nitrogens with one attached hydrogen (secondary N) is 1. The van der Waals surface area contributed by atoms with Gasteiger partial charge in [-0.1, -0.05) is 6.07 Å². The maximum atomic E-state index is 12.2. The Bertz CT molecular complexity index is 898. The number of aryl methyl sites for hydroxylation is 1. The number of methoxy groups -OCH3 is 1. The van der Waals surface area contributed by atoms with Gasteiger partial charge in [0, 0.05) is 12.7 Å². The van der Waals surface area contributed by atoms with Crippen LogP contribution in [0.4, 0.5) is 5.69 Å². The zero-order valence-electron chi connectivity index (χ0n) is 13.4. The van der Waals surface area contributed by atoms with Gasteiger partial charge in [0.05, 0.1) is 36.5 Å². The molecule has 1 N–H and O–H groups in total. The standard InChI is InChI=1S/C18H17N3O3/c1-21-11-19-15-9-12(3-8-16(15)21)10-17(22)20-14-6-4-13(5-7-14)18(23)24-2/h3-9,11H,10H2,1-2H3,(H,20,22). The largest absolute Gasteiger partial charge is 0.465 e. The number of anilines is 1. The number of fused-ring (bicyclic) bond motifs is 1. The lowest BCUT2D eigenvalue weighted by molar-refractivity contribution is -0.115. The highest BCUT2D eigenvalue weighted by Gasteiger charge is 2.08. The smallest absolute Gasteiger partial charge is 0.337 e. The van der Waals surface area contributed by atoms with Crippen LogP contribution in [0.25, 0.3) is 11.0 Å². The third kappa shape index (κ3) is 3.27. The molecule has 6 heteroatoms. The summed E-state index contributed by atoms with van der Waals surface area (Å²) in [5.41, 5.74) is 3.86. The van der Waals surface area contributed by atoms with Crippen molar-refractivity contribution in [2.75, 3.05) is 12.4 Å². The van der Waals surface area contributed by atoms with Crippen molar-refractivity contribution in [2.24, 2.45) is 7.05 Å². The van der Waals surface area contributed by atoms with Crippen LogP contribution < -0.4 is 5.32 Å². The van der Waals surface area contributed by atoms with Crippen molar-refractivity contribution in [3.05, 3.63) is 59.9 Å². The van der Waals surface area contributed by atoms with Gasteiger partial charge in [-0.25, -0.2) is 9.78 Å². The van der Waals surface area contributed by atoms with Crippen molar-refractivity contribution in [2.45, 2.75) is 6.42 Å². The summed E-state index contributed by atoms with van der Waals surface area (Å²) in [7, 11) is 3.26. The van der Waals surface area contributed by atoms with E-state index in [2.05, 4.69) is 15.0 Å². The topological polar surface area (TPSA) is 73.2 Å². The van der Waals surface area contributed by atoms with E-state index in [-0.39, 0.29) is 12.3 Å². The Morgan fingerprint density at radius 1 is 1.17 bits per heavy atom. The lowest BCUT2D eigenvalue weighted by Gasteiger charge is -2.06. The number of nitrogens with zero attached hydrogens (tertiary/aromatic N) is 2. The molecule has 0 spiro atoms. The normalized spacial score (nSPS) is 10.6. The summed E-state index contributed by atoms with van der Waals surface area (Å²) in [5, 5.41) is 2.81. The minimum atomic E-state index is -0.406. The molecule has 122 valence electrons. The zero-order valence-corrected chi connectivity index (χ0v) is 13.4. The van der Waals surface area contributed by atoms with Crippen LogP contribution in [0.5, 0.6) is 0 Å². The van der Waals surface area contributed by atoms with E-state index < -0.39 is 5.97 Å². The van der Waals surface area contributed by atoms with E-state index in [1.54, 1.807) is 30.6 Å². The van der Waals surface area contributed by atoms with Gasteiger partial charge in [-0.05, 0) is 42.0 Å². The molecule has 1 heterocycles. The second kappa shape index (κ2) is 6.54. The predicted molar refractivity (Wildman–Crippen MR) is 90.8 cm³/mol. The van der Waals surface area contributed by atoms with Crippen molar-refractivity contribution in [1.82, 2.24) is 9.55 Å².